The molecular weight excluding hydrogens is 614 g/mol. The highest BCUT2D eigenvalue weighted by molar-refractivity contribution is 6.05. The number of aliphatic imine (C=N–C) groups is 1. The van der Waals surface area contributed by atoms with E-state index in [9.17, 15) is 14.4 Å². The Bertz CT molecular complexity index is 1410. The monoisotopic (exact) mass is 673 g/mol. The Morgan fingerprint density at radius 3 is 1.92 bits per heavy atom. The Morgan fingerprint density at radius 1 is 0.857 bits per heavy atom. The van der Waals surface area contributed by atoms with Gasteiger partial charge < -0.3 is 22.5 Å². The quantitative estimate of drug-likeness (QED) is 0.0565. The zero-order chi connectivity index (χ0) is 36.6. The standard InChI is InChI=1S/C40H59N5O4/c1-7-31(36(47)32(27(2)3)25-29-17-10-8-11-18-29)33(26-30-19-12-9-13-20-30)37(48)40(5,6)34(21-16-24-44-39(42)43)38(49)45-35(28(4)46)22-14-15-23-41/h7-13,17-20,27,32-35H,14-16,21-26,41H2,1-6H3,(H,45,49)(H4,42,43,44)/b31-7-/t32-,33-,34+,35+/m1/s1. The molecule has 0 spiro atoms. The highest BCUT2D eigenvalue weighted by Gasteiger charge is 2.46. The number of carbonyl (C=O) groups is 4. The maximum absolute atomic E-state index is 15.0. The molecule has 49 heavy (non-hydrogen) atoms. The molecule has 0 fully saturated rings. The molecule has 7 N–H and O–H groups in total. The summed E-state index contributed by atoms with van der Waals surface area (Å²) in [6.45, 7) is 11.7. The van der Waals surface area contributed by atoms with Gasteiger partial charge in [0.15, 0.2) is 17.5 Å². The van der Waals surface area contributed by atoms with Crippen molar-refractivity contribution in [1.29, 1.82) is 0 Å². The Morgan fingerprint density at radius 2 is 1.43 bits per heavy atom. The molecule has 0 unspecified atom stereocenters. The van der Waals surface area contributed by atoms with Gasteiger partial charge in [0.2, 0.25) is 5.91 Å². The number of carbonyl (C=O) groups excluding carboxylic acids is 4. The second-order valence-electron chi connectivity index (χ2n) is 13.9. The number of nitrogens with zero attached hydrogens (tertiary/aromatic N) is 1. The number of unbranched alkanes of at least 4 members (excludes halogenated alkanes) is 1. The van der Waals surface area contributed by atoms with Gasteiger partial charge in [-0.15, -0.1) is 0 Å². The van der Waals surface area contributed by atoms with Crippen LogP contribution in [0.25, 0.3) is 0 Å². The molecule has 0 radical (unpaired) electrons. The summed E-state index contributed by atoms with van der Waals surface area (Å²) in [7, 11) is 0. The predicted octanol–water partition coefficient (Wildman–Crippen LogP) is 5.34. The Hall–Kier alpha value is -4.11. The minimum atomic E-state index is -1.22. The fourth-order valence-corrected chi connectivity index (χ4v) is 6.51. The van der Waals surface area contributed by atoms with Crippen LogP contribution in [0.1, 0.15) is 84.8 Å². The fraction of sp³-hybridized carbons (Fsp3) is 0.525. The lowest BCUT2D eigenvalue weighted by Gasteiger charge is -2.37. The SMILES string of the molecule is C/C=C(\C(=O)[C@H](Cc1ccccc1)C(C)C)[C@@H](Cc1ccccc1)C(=O)C(C)(C)[C@@H](CCCN=C(N)N)C(=O)N[C@@H](CCCCN)C(C)=O. The van der Waals surface area contributed by atoms with Crippen molar-refractivity contribution in [2.24, 2.45) is 51.3 Å². The van der Waals surface area contributed by atoms with Gasteiger partial charge in [-0.05, 0) is 82.4 Å². The third-order valence-electron chi connectivity index (χ3n) is 9.53. The van der Waals surface area contributed by atoms with E-state index in [1.54, 1.807) is 19.9 Å². The van der Waals surface area contributed by atoms with Crippen LogP contribution in [0.2, 0.25) is 0 Å². The van der Waals surface area contributed by atoms with E-state index in [0.717, 1.165) is 17.5 Å². The van der Waals surface area contributed by atoms with Crippen LogP contribution >= 0.6 is 0 Å². The number of hydrogen-bond acceptors (Lipinski definition) is 6. The van der Waals surface area contributed by atoms with E-state index in [1.807, 2.05) is 81.4 Å². The predicted molar refractivity (Wildman–Crippen MR) is 199 cm³/mol. The van der Waals surface area contributed by atoms with Crippen LogP contribution in [0.3, 0.4) is 0 Å². The van der Waals surface area contributed by atoms with E-state index < -0.39 is 23.3 Å². The maximum Gasteiger partial charge on any atom is 0.224 e. The van der Waals surface area contributed by atoms with Gasteiger partial charge in [0.1, 0.15) is 5.78 Å². The number of allylic oxidation sites excluding steroid dienone is 2. The smallest absolute Gasteiger partial charge is 0.224 e. The molecule has 0 heterocycles. The number of hydrogen-bond donors (Lipinski definition) is 4. The zero-order valence-electron chi connectivity index (χ0n) is 30.4. The number of nitrogens with two attached hydrogens (primary N) is 3. The fourth-order valence-electron chi connectivity index (χ4n) is 6.51. The highest BCUT2D eigenvalue weighted by atomic mass is 16.2. The number of Topliss-reactive ketones (excluding diaryl/α,β-unsaturated/α-hetero) is 3. The van der Waals surface area contributed by atoms with E-state index in [1.165, 1.54) is 6.92 Å². The molecule has 0 aliphatic rings. The minimum Gasteiger partial charge on any atom is -0.370 e. The van der Waals surface area contributed by atoms with Gasteiger partial charge in [-0.1, -0.05) is 94.4 Å². The summed E-state index contributed by atoms with van der Waals surface area (Å²) in [4.78, 5) is 60.3. The lowest BCUT2D eigenvalue weighted by Crippen LogP contribution is -2.50. The second-order valence-corrected chi connectivity index (χ2v) is 13.9. The lowest BCUT2D eigenvalue weighted by molar-refractivity contribution is -0.142. The molecule has 2 rings (SSSR count). The van der Waals surface area contributed by atoms with E-state index in [2.05, 4.69) is 10.3 Å². The van der Waals surface area contributed by atoms with Gasteiger partial charge in [-0.3, -0.25) is 24.2 Å². The van der Waals surface area contributed by atoms with Crippen molar-refractivity contribution in [2.45, 2.75) is 92.5 Å². The van der Waals surface area contributed by atoms with Crippen molar-refractivity contribution in [3.63, 3.8) is 0 Å². The maximum atomic E-state index is 15.0. The number of amides is 1. The third kappa shape index (κ3) is 12.7. The first kappa shape index (κ1) is 41.1. The van der Waals surface area contributed by atoms with Gasteiger partial charge in [0, 0.05) is 23.5 Å². The van der Waals surface area contributed by atoms with Gasteiger partial charge in [-0.25, -0.2) is 0 Å². The number of nitrogens with one attached hydrogen (secondary N) is 1. The molecule has 9 heteroatoms. The number of benzene rings is 2. The summed E-state index contributed by atoms with van der Waals surface area (Å²) < 4.78 is 0. The van der Waals surface area contributed by atoms with Crippen LogP contribution in [0, 0.1) is 29.1 Å². The Kier molecular flexibility index (Phi) is 17.1. The lowest BCUT2D eigenvalue weighted by atomic mass is 9.65. The van der Waals surface area contributed by atoms with Gasteiger partial charge in [-0.2, -0.15) is 0 Å². The summed E-state index contributed by atoms with van der Waals surface area (Å²) in [5, 5.41) is 2.95. The Labute approximate surface area is 293 Å². The summed E-state index contributed by atoms with van der Waals surface area (Å²) in [5.41, 5.74) is 18.0. The first-order chi connectivity index (χ1) is 23.2. The third-order valence-corrected chi connectivity index (χ3v) is 9.53. The Balaban J connectivity index is 2.58. The van der Waals surface area contributed by atoms with Crippen LogP contribution in [-0.2, 0) is 32.0 Å². The molecule has 4 atom stereocenters. The normalized spacial score (nSPS) is 14.4. The summed E-state index contributed by atoms with van der Waals surface area (Å²) in [6, 6.07) is 18.9. The molecule has 0 saturated carbocycles. The van der Waals surface area contributed by atoms with Gasteiger partial charge >= 0.3 is 0 Å². The average molecular weight is 674 g/mol. The van der Waals surface area contributed by atoms with Crippen molar-refractivity contribution < 1.29 is 19.2 Å². The molecule has 2 aromatic rings. The van der Waals surface area contributed by atoms with Crippen molar-refractivity contribution in [3.05, 3.63) is 83.4 Å². The molecule has 0 aromatic heterocycles. The second kappa shape index (κ2) is 20.4. The molecule has 9 nitrogen and oxygen atoms in total. The highest BCUT2D eigenvalue weighted by Crippen LogP contribution is 2.39. The first-order valence-corrected chi connectivity index (χ1v) is 17.6. The van der Waals surface area contributed by atoms with Crippen molar-refractivity contribution >= 4 is 29.2 Å². The molecule has 268 valence electrons. The van der Waals surface area contributed by atoms with Crippen LogP contribution in [-0.4, -0.2) is 48.3 Å². The number of ketones is 3. The zero-order valence-corrected chi connectivity index (χ0v) is 30.4. The number of guanidine groups is 1. The molecule has 0 bridgehead atoms. The number of rotatable bonds is 22. The van der Waals surface area contributed by atoms with E-state index in [4.69, 9.17) is 17.2 Å². The summed E-state index contributed by atoms with van der Waals surface area (Å²) in [6.07, 6.45) is 5.25. The molecule has 1 amide bonds. The molecule has 0 saturated heterocycles. The van der Waals surface area contributed by atoms with Crippen LogP contribution in [0.5, 0.6) is 0 Å². The van der Waals surface area contributed by atoms with Gasteiger partial charge in [0.25, 0.3) is 0 Å². The molecule has 0 aliphatic carbocycles. The molecule has 0 aliphatic heterocycles. The average Bonchev–Trinajstić information content (AvgIpc) is 3.06. The minimum absolute atomic E-state index is 0.0278. The van der Waals surface area contributed by atoms with Crippen LogP contribution in [0.15, 0.2) is 77.3 Å². The summed E-state index contributed by atoms with van der Waals surface area (Å²) >= 11 is 0. The van der Waals surface area contributed by atoms with Crippen LogP contribution in [0.4, 0.5) is 0 Å². The summed E-state index contributed by atoms with van der Waals surface area (Å²) in [5.74, 6) is -2.78. The van der Waals surface area contributed by atoms with Gasteiger partial charge in [0.05, 0.1) is 17.9 Å². The van der Waals surface area contributed by atoms with Crippen molar-refractivity contribution in [2.75, 3.05) is 13.1 Å². The molecule has 2 aromatic carbocycles. The van der Waals surface area contributed by atoms with Crippen molar-refractivity contribution in [1.82, 2.24) is 5.32 Å². The first-order valence-electron chi connectivity index (χ1n) is 17.6. The topological polar surface area (TPSA) is 171 Å². The van der Waals surface area contributed by atoms with E-state index in [-0.39, 0.29) is 47.6 Å². The van der Waals surface area contributed by atoms with E-state index >= 15 is 4.79 Å². The van der Waals surface area contributed by atoms with Crippen LogP contribution < -0.4 is 22.5 Å². The van der Waals surface area contributed by atoms with Crippen molar-refractivity contribution in [3.8, 4) is 0 Å². The van der Waals surface area contributed by atoms with E-state index in [0.29, 0.717) is 50.6 Å². The molecular formula is C40H59N5O4. The largest absolute Gasteiger partial charge is 0.370 e.